The van der Waals surface area contributed by atoms with Crippen LogP contribution in [0.5, 0.6) is 0 Å². The summed E-state index contributed by atoms with van der Waals surface area (Å²) >= 11 is 0. The molecule has 8 heteroatoms. The predicted molar refractivity (Wildman–Crippen MR) is 59.2 cm³/mol. The highest BCUT2D eigenvalue weighted by molar-refractivity contribution is 5.86. The Bertz CT molecular complexity index is 339. The molecule has 0 bridgehead atoms. The van der Waals surface area contributed by atoms with Gasteiger partial charge in [-0.15, -0.1) is 0 Å². The van der Waals surface area contributed by atoms with Crippen LogP contribution in [0.2, 0.25) is 0 Å². The van der Waals surface area contributed by atoms with E-state index in [1.165, 1.54) is 11.9 Å². The van der Waals surface area contributed by atoms with Crippen molar-refractivity contribution in [2.45, 2.75) is 24.9 Å². The van der Waals surface area contributed by atoms with E-state index in [0.717, 1.165) is 0 Å². The normalized spacial score (nSPS) is 20.2. The molecule has 1 aliphatic rings. The molecule has 3 N–H and O–H groups in total. The summed E-state index contributed by atoms with van der Waals surface area (Å²) in [5, 5.41) is 19.5. The average Bonchev–Trinajstić information content (AvgIpc) is 2.79. The maximum atomic E-state index is 11.7. The quantitative estimate of drug-likeness (QED) is 0.604. The van der Waals surface area contributed by atoms with Gasteiger partial charge in [-0.2, -0.15) is 0 Å². The Morgan fingerprint density at radius 2 is 2.11 bits per heavy atom. The molecule has 1 saturated heterocycles. The lowest BCUT2D eigenvalue weighted by Gasteiger charge is -2.25. The molecule has 0 saturated carbocycles. The third kappa shape index (κ3) is 3.88. The fourth-order valence-corrected chi connectivity index (χ4v) is 1.62. The second-order valence-electron chi connectivity index (χ2n) is 4.07. The number of ether oxygens (including phenoxy) is 1. The highest BCUT2D eigenvalue weighted by atomic mass is 16.5. The van der Waals surface area contributed by atoms with Crippen LogP contribution in [0.3, 0.4) is 0 Å². The summed E-state index contributed by atoms with van der Waals surface area (Å²) in [4.78, 5) is 34.3. The fraction of sp³-hybridized carbons (Fsp3) is 0.700. The molecule has 1 aliphatic heterocycles. The van der Waals surface area contributed by atoms with Crippen LogP contribution in [0.25, 0.3) is 0 Å². The monoisotopic (exact) mass is 260 g/mol. The molecule has 18 heavy (non-hydrogen) atoms. The van der Waals surface area contributed by atoms with Crippen LogP contribution in [-0.2, 0) is 14.3 Å². The first-order valence-corrected chi connectivity index (χ1v) is 5.47. The van der Waals surface area contributed by atoms with Crippen molar-refractivity contribution >= 4 is 18.0 Å². The Morgan fingerprint density at radius 3 is 2.56 bits per heavy atom. The van der Waals surface area contributed by atoms with Crippen molar-refractivity contribution in [3.8, 4) is 0 Å². The van der Waals surface area contributed by atoms with E-state index in [1.54, 1.807) is 0 Å². The average molecular weight is 260 g/mol. The standard InChI is InChI=1S/C10H16N2O6/c1-12(6-2-3-18-5-6)10(17)11-7(9(15)16)4-8(13)14/h6-7H,2-5H2,1H3,(H,11,17)(H,13,14)(H,15,16)/t6?,7-/m1/s1. The van der Waals surface area contributed by atoms with E-state index in [9.17, 15) is 14.4 Å². The van der Waals surface area contributed by atoms with Crippen LogP contribution >= 0.6 is 0 Å². The summed E-state index contributed by atoms with van der Waals surface area (Å²) in [6.07, 6.45) is 0.0245. The van der Waals surface area contributed by atoms with Gasteiger partial charge in [0.05, 0.1) is 19.1 Å². The zero-order valence-electron chi connectivity index (χ0n) is 9.96. The number of amides is 2. The molecule has 0 spiro atoms. The minimum absolute atomic E-state index is 0.107. The van der Waals surface area contributed by atoms with Gasteiger partial charge in [0, 0.05) is 13.7 Å². The number of carboxylic acid groups (broad SMARTS) is 2. The number of urea groups is 1. The van der Waals surface area contributed by atoms with Crippen molar-refractivity contribution in [1.29, 1.82) is 0 Å². The predicted octanol–water partition coefficient (Wildman–Crippen LogP) is -0.655. The van der Waals surface area contributed by atoms with Gasteiger partial charge in [0.25, 0.3) is 0 Å². The van der Waals surface area contributed by atoms with E-state index >= 15 is 0 Å². The van der Waals surface area contributed by atoms with Crippen LogP contribution < -0.4 is 5.32 Å². The van der Waals surface area contributed by atoms with Gasteiger partial charge >= 0.3 is 18.0 Å². The zero-order valence-corrected chi connectivity index (χ0v) is 9.96. The van der Waals surface area contributed by atoms with Gasteiger partial charge in [0.1, 0.15) is 6.04 Å². The minimum Gasteiger partial charge on any atom is -0.481 e. The number of rotatable bonds is 5. The number of likely N-dealkylation sites (N-methyl/N-ethyl adjacent to an activating group) is 1. The van der Waals surface area contributed by atoms with E-state index in [4.69, 9.17) is 14.9 Å². The van der Waals surface area contributed by atoms with Gasteiger partial charge in [-0.25, -0.2) is 9.59 Å². The van der Waals surface area contributed by atoms with Crippen LogP contribution in [0.15, 0.2) is 0 Å². The molecule has 1 rings (SSSR count). The van der Waals surface area contributed by atoms with Gasteiger partial charge in [-0.1, -0.05) is 0 Å². The topological polar surface area (TPSA) is 116 Å². The summed E-state index contributed by atoms with van der Waals surface area (Å²) in [5.74, 6) is -2.66. The van der Waals surface area contributed by atoms with Gasteiger partial charge in [-0.05, 0) is 6.42 Å². The summed E-state index contributed by atoms with van der Waals surface area (Å²) in [5.41, 5.74) is 0. The molecule has 1 fully saturated rings. The van der Waals surface area contributed by atoms with Crippen molar-refractivity contribution in [3.05, 3.63) is 0 Å². The number of aliphatic carboxylic acids is 2. The van der Waals surface area contributed by atoms with Crippen molar-refractivity contribution < 1.29 is 29.3 Å². The van der Waals surface area contributed by atoms with Crippen LogP contribution in [0.1, 0.15) is 12.8 Å². The maximum absolute atomic E-state index is 11.7. The van der Waals surface area contributed by atoms with E-state index in [1.807, 2.05) is 0 Å². The number of nitrogens with zero attached hydrogens (tertiary/aromatic N) is 1. The largest absolute Gasteiger partial charge is 0.481 e. The lowest BCUT2D eigenvalue weighted by Crippen LogP contribution is -2.50. The van der Waals surface area contributed by atoms with E-state index < -0.39 is 30.4 Å². The first kappa shape index (κ1) is 14.2. The maximum Gasteiger partial charge on any atom is 0.326 e. The van der Waals surface area contributed by atoms with Gasteiger partial charge < -0.3 is 25.2 Å². The number of nitrogens with one attached hydrogen (secondary N) is 1. The molecule has 2 amide bonds. The highest BCUT2D eigenvalue weighted by Gasteiger charge is 2.28. The van der Waals surface area contributed by atoms with Gasteiger partial charge in [0.2, 0.25) is 0 Å². The number of carbonyl (C=O) groups excluding carboxylic acids is 1. The van der Waals surface area contributed by atoms with Crippen LogP contribution in [-0.4, -0.2) is 65.4 Å². The van der Waals surface area contributed by atoms with Crippen molar-refractivity contribution in [3.63, 3.8) is 0 Å². The zero-order chi connectivity index (χ0) is 13.7. The SMILES string of the molecule is CN(C(=O)N[C@H](CC(=O)O)C(=O)O)C1CCOC1. The molecule has 1 heterocycles. The Balaban J connectivity index is 2.54. The van der Waals surface area contributed by atoms with E-state index in [-0.39, 0.29) is 6.04 Å². The summed E-state index contributed by atoms with van der Waals surface area (Å²) in [6.45, 7) is 0.959. The lowest BCUT2D eigenvalue weighted by atomic mass is 10.2. The minimum atomic E-state index is -1.43. The second kappa shape index (κ2) is 6.20. The fourth-order valence-electron chi connectivity index (χ4n) is 1.62. The molecular weight excluding hydrogens is 244 g/mol. The summed E-state index contributed by atoms with van der Waals surface area (Å²) in [7, 11) is 1.52. The molecule has 0 aromatic heterocycles. The molecular formula is C10H16N2O6. The second-order valence-corrected chi connectivity index (χ2v) is 4.07. The van der Waals surface area contributed by atoms with Crippen LogP contribution in [0.4, 0.5) is 4.79 Å². The Kier molecular flexibility index (Phi) is 4.90. The molecule has 0 aromatic rings. The number of hydrogen-bond acceptors (Lipinski definition) is 4. The third-order valence-electron chi connectivity index (χ3n) is 2.75. The smallest absolute Gasteiger partial charge is 0.326 e. The lowest BCUT2D eigenvalue weighted by molar-refractivity contribution is -0.145. The van der Waals surface area contributed by atoms with Crippen molar-refractivity contribution in [1.82, 2.24) is 10.2 Å². The van der Waals surface area contributed by atoms with E-state index in [2.05, 4.69) is 5.32 Å². The van der Waals surface area contributed by atoms with Crippen molar-refractivity contribution in [2.75, 3.05) is 20.3 Å². The molecule has 0 aliphatic carbocycles. The summed E-state index contributed by atoms with van der Waals surface area (Å²) < 4.78 is 5.11. The number of carbonyl (C=O) groups is 3. The third-order valence-corrected chi connectivity index (χ3v) is 2.75. The van der Waals surface area contributed by atoms with Crippen LogP contribution in [0, 0.1) is 0 Å². The highest BCUT2D eigenvalue weighted by Crippen LogP contribution is 2.10. The number of hydrogen-bond donors (Lipinski definition) is 3. The molecule has 2 atom stereocenters. The molecule has 102 valence electrons. The van der Waals surface area contributed by atoms with Crippen molar-refractivity contribution in [2.24, 2.45) is 0 Å². The Hall–Kier alpha value is -1.83. The Morgan fingerprint density at radius 1 is 1.44 bits per heavy atom. The van der Waals surface area contributed by atoms with E-state index in [0.29, 0.717) is 19.6 Å². The Labute approximate surface area is 104 Å². The first-order valence-electron chi connectivity index (χ1n) is 5.47. The first-order chi connectivity index (χ1) is 8.41. The van der Waals surface area contributed by atoms with Gasteiger partial charge in [-0.3, -0.25) is 4.79 Å². The molecule has 0 radical (unpaired) electrons. The molecule has 1 unspecified atom stereocenters. The van der Waals surface area contributed by atoms with Gasteiger partial charge in [0.15, 0.2) is 0 Å². The number of carboxylic acids is 2. The molecule has 0 aromatic carbocycles. The molecule has 8 nitrogen and oxygen atoms in total. The summed E-state index contributed by atoms with van der Waals surface area (Å²) in [6, 6.07) is -2.15.